The van der Waals surface area contributed by atoms with Crippen molar-refractivity contribution in [3.63, 3.8) is 0 Å². The molecule has 0 aromatic carbocycles. The van der Waals surface area contributed by atoms with E-state index in [2.05, 4.69) is 11.7 Å². The van der Waals surface area contributed by atoms with Crippen molar-refractivity contribution in [3.05, 3.63) is 34.0 Å². The highest BCUT2D eigenvalue weighted by atomic mass is 35.5. The highest BCUT2D eigenvalue weighted by molar-refractivity contribution is 6.32. The number of nitro groups is 1. The van der Waals surface area contributed by atoms with Crippen LogP contribution in [0, 0.1) is 10.1 Å². The number of allylic oxidation sites excluding steroid dienone is 1. The third kappa shape index (κ3) is 1.62. The number of nitrogens with zero attached hydrogens (tertiary/aromatic N) is 3. The third-order valence-electron chi connectivity index (χ3n) is 1.19. The summed E-state index contributed by atoms with van der Waals surface area (Å²) in [6.45, 7) is 3.88. The fourth-order valence-electron chi connectivity index (χ4n) is 0.736. The normalized spacial score (nSPS) is 9.75. The van der Waals surface area contributed by atoms with Gasteiger partial charge in [0, 0.05) is 0 Å². The van der Waals surface area contributed by atoms with Crippen molar-refractivity contribution < 1.29 is 4.92 Å². The molecule has 0 atom stereocenters. The predicted octanol–water partition coefficient (Wildman–Crippen LogP) is 1.63. The zero-order valence-corrected chi connectivity index (χ0v) is 6.86. The molecule has 0 aliphatic carbocycles. The Hall–Kier alpha value is -1.36. The van der Waals surface area contributed by atoms with Crippen molar-refractivity contribution in [2.45, 2.75) is 6.54 Å². The monoisotopic (exact) mass is 187 g/mol. The minimum absolute atomic E-state index is 0.0434. The van der Waals surface area contributed by atoms with E-state index in [1.165, 1.54) is 10.9 Å². The number of halogens is 1. The summed E-state index contributed by atoms with van der Waals surface area (Å²) < 4.78 is 1.35. The van der Waals surface area contributed by atoms with Gasteiger partial charge in [0.15, 0.2) is 5.02 Å². The van der Waals surface area contributed by atoms with E-state index in [9.17, 15) is 10.1 Å². The summed E-state index contributed by atoms with van der Waals surface area (Å²) in [4.78, 5) is 9.64. The van der Waals surface area contributed by atoms with Gasteiger partial charge in [-0.3, -0.25) is 0 Å². The van der Waals surface area contributed by atoms with Crippen LogP contribution in [-0.2, 0) is 6.54 Å². The van der Waals surface area contributed by atoms with Gasteiger partial charge in [0.25, 0.3) is 0 Å². The van der Waals surface area contributed by atoms with Gasteiger partial charge in [0.05, 0.1) is 17.8 Å². The maximum absolute atomic E-state index is 10.3. The second-order valence-corrected chi connectivity index (χ2v) is 2.48. The molecule has 1 aromatic rings. The van der Waals surface area contributed by atoms with Gasteiger partial charge in [0.1, 0.15) is 0 Å². The van der Waals surface area contributed by atoms with Crippen LogP contribution in [0.3, 0.4) is 0 Å². The van der Waals surface area contributed by atoms with E-state index in [1.54, 1.807) is 6.08 Å². The molecule has 1 aromatic heterocycles. The summed E-state index contributed by atoms with van der Waals surface area (Å²) in [5.41, 5.74) is 0. The van der Waals surface area contributed by atoms with Crippen molar-refractivity contribution in [1.29, 1.82) is 0 Å². The second-order valence-electron chi connectivity index (χ2n) is 2.07. The quantitative estimate of drug-likeness (QED) is 0.411. The molecule has 0 aliphatic heterocycles. The molecule has 0 aliphatic rings. The van der Waals surface area contributed by atoms with Crippen LogP contribution in [0.15, 0.2) is 18.9 Å². The van der Waals surface area contributed by atoms with E-state index in [1.807, 2.05) is 0 Å². The van der Waals surface area contributed by atoms with Crippen molar-refractivity contribution in [2.24, 2.45) is 0 Å². The zero-order chi connectivity index (χ0) is 9.14. The maximum Gasteiger partial charge on any atom is 0.408 e. The fraction of sp³-hybridized carbons (Fsp3) is 0.167. The number of rotatable bonds is 3. The lowest BCUT2D eigenvalue weighted by atomic mass is 10.6. The summed E-state index contributed by atoms with van der Waals surface area (Å²) in [6.07, 6.45) is 2.97. The Labute approximate surface area is 73.4 Å². The standard InChI is InChI=1S/C6H6ClN3O2/c1-2-3-9-4-5(7)6(8-9)10(11)12/h2,4H,1,3H2. The van der Waals surface area contributed by atoms with Gasteiger partial charge in [-0.05, 0) is 4.92 Å². The number of aromatic nitrogens is 2. The van der Waals surface area contributed by atoms with Gasteiger partial charge < -0.3 is 10.1 Å². The molecule has 1 heterocycles. The Morgan fingerprint density at radius 3 is 3.00 bits per heavy atom. The first-order valence-corrected chi connectivity index (χ1v) is 3.51. The minimum atomic E-state index is -0.623. The average molecular weight is 188 g/mol. The molecule has 0 amide bonds. The van der Waals surface area contributed by atoms with Gasteiger partial charge in [-0.2, -0.15) is 4.68 Å². The van der Waals surface area contributed by atoms with Crippen molar-refractivity contribution in [1.82, 2.24) is 9.78 Å². The molecule has 0 N–H and O–H groups in total. The van der Waals surface area contributed by atoms with Gasteiger partial charge >= 0.3 is 5.82 Å². The van der Waals surface area contributed by atoms with E-state index >= 15 is 0 Å². The molecule has 0 spiro atoms. The Bertz CT molecular complexity index is 321. The molecule has 5 nitrogen and oxygen atoms in total. The van der Waals surface area contributed by atoms with Crippen LogP contribution in [0.1, 0.15) is 0 Å². The second kappa shape index (κ2) is 3.36. The Morgan fingerprint density at radius 1 is 1.92 bits per heavy atom. The summed E-state index contributed by atoms with van der Waals surface area (Å²) >= 11 is 5.52. The number of hydrogen-bond acceptors (Lipinski definition) is 3. The first kappa shape index (κ1) is 8.73. The average Bonchev–Trinajstić information content (AvgIpc) is 2.32. The number of hydrogen-bond donors (Lipinski definition) is 0. The van der Waals surface area contributed by atoms with Gasteiger partial charge in [-0.1, -0.05) is 17.7 Å². The highest BCUT2D eigenvalue weighted by Crippen LogP contribution is 2.20. The van der Waals surface area contributed by atoms with Crippen LogP contribution in [0.2, 0.25) is 5.02 Å². The van der Waals surface area contributed by atoms with Crippen LogP contribution < -0.4 is 0 Å². The minimum Gasteiger partial charge on any atom is -0.358 e. The SMILES string of the molecule is C=CCn1cc(Cl)c([N+](=O)[O-])n1. The molecule has 0 saturated heterocycles. The lowest BCUT2D eigenvalue weighted by molar-refractivity contribution is -0.389. The maximum atomic E-state index is 10.3. The summed E-state index contributed by atoms with van der Waals surface area (Å²) in [5.74, 6) is -0.321. The van der Waals surface area contributed by atoms with Crippen LogP contribution in [0.4, 0.5) is 5.82 Å². The van der Waals surface area contributed by atoms with Gasteiger partial charge in [0.2, 0.25) is 0 Å². The van der Waals surface area contributed by atoms with E-state index in [0.29, 0.717) is 6.54 Å². The van der Waals surface area contributed by atoms with E-state index in [-0.39, 0.29) is 10.8 Å². The molecule has 6 heteroatoms. The summed E-state index contributed by atoms with van der Waals surface area (Å²) in [6, 6.07) is 0. The van der Waals surface area contributed by atoms with Crippen molar-refractivity contribution in [3.8, 4) is 0 Å². The Kier molecular flexibility index (Phi) is 2.44. The molecule has 0 saturated carbocycles. The lowest BCUT2D eigenvalue weighted by Gasteiger charge is -1.85. The molecule has 0 radical (unpaired) electrons. The first-order chi connectivity index (χ1) is 5.65. The molecule has 0 unspecified atom stereocenters. The first-order valence-electron chi connectivity index (χ1n) is 3.13. The van der Waals surface area contributed by atoms with E-state index < -0.39 is 4.92 Å². The topological polar surface area (TPSA) is 61.0 Å². The molecule has 12 heavy (non-hydrogen) atoms. The van der Waals surface area contributed by atoms with E-state index in [4.69, 9.17) is 11.6 Å². The third-order valence-corrected chi connectivity index (χ3v) is 1.45. The summed E-state index contributed by atoms with van der Waals surface area (Å²) in [5, 5.41) is 13.9. The smallest absolute Gasteiger partial charge is 0.358 e. The van der Waals surface area contributed by atoms with Crippen LogP contribution >= 0.6 is 11.6 Å². The van der Waals surface area contributed by atoms with E-state index in [0.717, 1.165) is 0 Å². The Balaban J connectivity index is 2.99. The molecule has 1 rings (SSSR count). The summed E-state index contributed by atoms with van der Waals surface area (Å²) in [7, 11) is 0. The van der Waals surface area contributed by atoms with Crippen LogP contribution in [0.5, 0.6) is 0 Å². The van der Waals surface area contributed by atoms with Gasteiger partial charge in [-0.15, -0.1) is 6.58 Å². The van der Waals surface area contributed by atoms with Crippen LogP contribution in [-0.4, -0.2) is 14.7 Å². The lowest BCUT2D eigenvalue weighted by Crippen LogP contribution is -1.96. The molecular weight excluding hydrogens is 182 g/mol. The molecule has 64 valence electrons. The molecular formula is C6H6ClN3O2. The van der Waals surface area contributed by atoms with Crippen molar-refractivity contribution >= 4 is 17.4 Å². The van der Waals surface area contributed by atoms with Crippen LogP contribution in [0.25, 0.3) is 0 Å². The fourth-order valence-corrected chi connectivity index (χ4v) is 0.956. The van der Waals surface area contributed by atoms with Gasteiger partial charge in [-0.25, -0.2) is 0 Å². The van der Waals surface area contributed by atoms with Crippen molar-refractivity contribution in [2.75, 3.05) is 0 Å². The highest BCUT2D eigenvalue weighted by Gasteiger charge is 2.17. The molecule has 0 fully saturated rings. The Morgan fingerprint density at radius 2 is 2.58 bits per heavy atom. The molecule has 0 bridgehead atoms. The predicted molar refractivity (Wildman–Crippen MR) is 44.1 cm³/mol. The zero-order valence-electron chi connectivity index (χ0n) is 6.11. The largest absolute Gasteiger partial charge is 0.408 e.